The van der Waals surface area contributed by atoms with Crippen LogP contribution < -0.4 is 5.32 Å². The fourth-order valence-electron chi connectivity index (χ4n) is 7.59. The maximum absolute atomic E-state index is 13.8. The number of carbonyl (C=O) groups is 1. The number of allylic oxidation sites excluding steroid dienone is 9. The van der Waals surface area contributed by atoms with Gasteiger partial charge in [-0.15, -0.1) is 0 Å². The number of ether oxygens (including phenoxy) is 1. The van der Waals surface area contributed by atoms with Crippen LogP contribution >= 0.6 is 0 Å². The lowest BCUT2D eigenvalue weighted by molar-refractivity contribution is -0.194. The molecule has 5 rings (SSSR count). The Morgan fingerprint density at radius 2 is 1.25 bits per heavy atom. The minimum atomic E-state index is -5.23. The standard InChI is InChI=1S/C38H45F3N4O3/c1-9-20-21(10-2)27-18-30-35(46)37(15-7,16-8)31(43-30)19-29-23(12-4)25(14-6)33(45-29)34(48-36(47)38(39,40)41)32-24(13-5)22(11-3)28(44-32)17-26(20)42-27/h17-19,43,46H,9-16H2,1-8H3. The average Bonchev–Trinajstić information content (AvgIpc) is 3.77. The quantitative estimate of drug-likeness (QED) is 0.240. The molecule has 0 radical (unpaired) electrons. The van der Waals surface area contributed by atoms with Crippen LogP contribution in [0, 0.1) is 5.41 Å². The smallest absolute Gasteiger partial charge is 0.491 e. The summed E-state index contributed by atoms with van der Waals surface area (Å²) < 4.78 is 46.8. The number of esters is 1. The fourth-order valence-corrected chi connectivity index (χ4v) is 7.59. The molecule has 5 aliphatic heterocycles. The van der Waals surface area contributed by atoms with Crippen molar-refractivity contribution in [3.63, 3.8) is 0 Å². The maximum atomic E-state index is 13.8. The molecule has 0 saturated heterocycles. The molecule has 0 aliphatic carbocycles. The lowest BCUT2D eigenvalue weighted by Gasteiger charge is -2.28. The average molecular weight is 663 g/mol. The number of nitrogens with one attached hydrogen (secondary N) is 1. The predicted octanol–water partition coefficient (Wildman–Crippen LogP) is 9.86. The van der Waals surface area contributed by atoms with Gasteiger partial charge < -0.3 is 15.2 Å². The summed E-state index contributed by atoms with van der Waals surface area (Å²) in [6.07, 6.45) is 5.04. The van der Waals surface area contributed by atoms with E-state index in [9.17, 15) is 23.1 Å². The van der Waals surface area contributed by atoms with E-state index in [0.717, 1.165) is 33.7 Å². The molecule has 0 unspecified atom stereocenters. The lowest BCUT2D eigenvalue weighted by atomic mass is 9.78. The summed E-state index contributed by atoms with van der Waals surface area (Å²) in [5, 5.41) is 15.3. The second-order valence-electron chi connectivity index (χ2n) is 12.3. The van der Waals surface area contributed by atoms with Crippen LogP contribution in [0.25, 0.3) is 0 Å². The normalized spacial score (nSPS) is 20.6. The van der Waals surface area contributed by atoms with Gasteiger partial charge in [-0.05, 0) is 103 Å². The van der Waals surface area contributed by atoms with Crippen molar-refractivity contribution < 1.29 is 27.8 Å². The Kier molecular flexibility index (Phi) is 9.77. The monoisotopic (exact) mass is 662 g/mol. The Bertz CT molecular complexity index is 1800. The van der Waals surface area contributed by atoms with Crippen molar-refractivity contribution in [3.05, 3.63) is 91.7 Å². The SMILES string of the molecule is CCC1=C(CC)C2=NC1=CC1=C(O)C(CC)(CC)C(=CC3=NC(=C(OC(=O)C(F)(F)F)C4=NC(=C2)C(CC)=C4CC)C(CC)=C3CC)N1. The second-order valence-corrected chi connectivity index (χ2v) is 12.3. The van der Waals surface area contributed by atoms with Crippen LogP contribution in [0.2, 0.25) is 0 Å². The summed E-state index contributed by atoms with van der Waals surface area (Å²) >= 11 is 0. The zero-order chi connectivity index (χ0) is 35.1. The Hall–Kier alpha value is -4.21. The van der Waals surface area contributed by atoms with Gasteiger partial charge in [-0.3, -0.25) is 0 Å². The third-order valence-electron chi connectivity index (χ3n) is 10.1. The van der Waals surface area contributed by atoms with Crippen LogP contribution in [0.15, 0.2) is 107 Å². The Morgan fingerprint density at radius 1 is 0.729 bits per heavy atom. The molecule has 0 atom stereocenters. The number of aliphatic imine (C=N–C) groups is 3. The Labute approximate surface area is 280 Å². The van der Waals surface area contributed by atoms with Crippen molar-refractivity contribution in [1.82, 2.24) is 5.32 Å². The van der Waals surface area contributed by atoms with Gasteiger partial charge in [0.2, 0.25) is 0 Å². The molecule has 8 bridgehead atoms. The molecule has 0 spiro atoms. The molecule has 0 fully saturated rings. The number of nitrogens with zero attached hydrogens (tertiary/aromatic N) is 3. The van der Waals surface area contributed by atoms with Crippen LogP contribution in [0.3, 0.4) is 0 Å². The predicted molar refractivity (Wildman–Crippen MR) is 184 cm³/mol. The van der Waals surface area contributed by atoms with Crippen molar-refractivity contribution >= 4 is 23.1 Å². The zero-order valence-corrected chi connectivity index (χ0v) is 29.1. The molecule has 0 amide bonds. The van der Waals surface area contributed by atoms with E-state index in [1.807, 2.05) is 59.8 Å². The van der Waals surface area contributed by atoms with Gasteiger partial charge in [0.15, 0.2) is 5.76 Å². The third kappa shape index (κ3) is 5.56. The zero-order valence-electron chi connectivity index (χ0n) is 29.1. The number of hydrogen-bond acceptors (Lipinski definition) is 7. The summed E-state index contributed by atoms with van der Waals surface area (Å²) in [5.41, 5.74) is 8.66. The highest BCUT2D eigenvalue weighted by molar-refractivity contribution is 6.20. The Morgan fingerprint density at radius 3 is 1.79 bits per heavy atom. The molecular formula is C38H45F3N4O3. The summed E-state index contributed by atoms with van der Waals surface area (Å²) in [5.74, 6) is -2.40. The van der Waals surface area contributed by atoms with Gasteiger partial charge in [0.25, 0.3) is 0 Å². The van der Waals surface area contributed by atoms with E-state index in [4.69, 9.17) is 19.7 Å². The number of fused-ring (bicyclic) bond motifs is 5. The van der Waals surface area contributed by atoms with Crippen LogP contribution in [0.5, 0.6) is 0 Å². The second kappa shape index (κ2) is 13.4. The van der Waals surface area contributed by atoms with Gasteiger partial charge in [-0.1, -0.05) is 55.4 Å². The fraction of sp³-hybridized carbons (Fsp3) is 0.474. The highest BCUT2D eigenvalue weighted by atomic mass is 19.4. The van der Waals surface area contributed by atoms with E-state index in [2.05, 4.69) is 19.2 Å². The van der Waals surface area contributed by atoms with Crippen LogP contribution in [-0.4, -0.2) is 34.4 Å². The molecule has 0 saturated carbocycles. The van der Waals surface area contributed by atoms with Crippen LogP contribution in [0.4, 0.5) is 13.2 Å². The van der Waals surface area contributed by atoms with E-state index in [0.29, 0.717) is 85.3 Å². The van der Waals surface area contributed by atoms with E-state index < -0.39 is 17.6 Å². The van der Waals surface area contributed by atoms with Crippen molar-refractivity contribution in [2.75, 3.05) is 0 Å². The molecule has 256 valence electrons. The molecule has 5 aliphatic rings. The van der Waals surface area contributed by atoms with Crippen LogP contribution in [0.1, 0.15) is 107 Å². The molecule has 0 aromatic rings. The Balaban J connectivity index is 1.94. The molecule has 48 heavy (non-hydrogen) atoms. The van der Waals surface area contributed by atoms with E-state index in [1.165, 1.54) is 0 Å². The number of carbonyl (C=O) groups excluding carboxylic acids is 1. The van der Waals surface area contributed by atoms with Gasteiger partial charge in [0.05, 0.1) is 33.9 Å². The van der Waals surface area contributed by atoms with Crippen molar-refractivity contribution in [2.24, 2.45) is 20.4 Å². The number of alkyl halides is 3. The summed E-state index contributed by atoms with van der Waals surface area (Å²) in [6, 6.07) is 0. The first-order valence-corrected chi connectivity index (χ1v) is 17.2. The largest absolute Gasteiger partial charge is 0.509 e. The molecule has 7 nitrogen and oxygen atoms in total. The summed E-state index contributed by atoms with van der Waals surface area (Å²) in [7, 11) is 0. The molecule has 10 heteroatoms. The highest BCUT2D eigenvalue weighted by Crippen LogP contribution is 2.48. The molecular weight excluding hydrogens is 617 g/mol. The van der Waals surface area contributed by atoms with Crippen molar-refractivity contribution in [2.45, 2.75) is 113 Å². The van der Waals surface area contributed by atoms with E-state index >= 15 is 0 Å². The summed E-state index contributed by atoms with van der Waals surface area (Å²) in [4.78, 5) is 27.5. The molecule has 0 aromatic heterocycles. The van der Waals surface area contributed by atoms with Gasteiger partial charge in [0, 0.05) is 5.70 Å². The van der Waals surface area contributed by atoms with Crippen LogP contribution in [-0.2, 0) is 9.53 Å². The topological polar surface area (TPSA) is 95.6 Å². The van der Waals surface area contributed by atoms with Gasteiger partial charge >= 0.3 is 12.1 Å². The number of aliphatic hydroxyl groups excluding tert-OH is 1. The first-order valence-electron chi connectivity index (χ1n) is 17.2. The number of hydrogen-bond donors (Lipinski definition) is 2. The van der Waals surface area contributed by atoms with Crippen molar-refractivity contribution in [1.29, 1.82) is 0 Å². The minimum Gasteiger partial charge on any atom is -0.509 e. The number of halogens is 3. The minimum absolute atomic E-state index is 0.170. The summed E-state index contributed by atoms with van der Waals surface area (Å²) in [6.45, 7) is 15.9. The maximum Gasteiger partial charge on any atom is 0.491 e. The number of rotatable bonds is 9. The van der Waals surface area contributed by atoms with Gasteiger partial charge in [-0.2, -0.15) is 13.2 Å². The highest BCUT2D eigenvalue weighted by Gasteiger charge is 2.46. The number of aliphatic hydroxyl groups is 1. The van der Waals surface area contributed by atoms with Gasteiger partial charge in [0.1, 0.15) is 17.2 Å². The van der Waals surface area contributed by atoms with Gasteiger partial charge in [-0.25, -0.2) is 19.8 Å². The first kappa shape index (κ1) is 35.1. The first-order chi connectivity index (χ1) is 22.9. The third-order valence-corrected chi connectivity index (χ3v) is 10.1. The van der Waals surface area contributed by atoms with E-state index in [1.54, 1.807) is 0 Å². The van der Waals surface area contributed by atoms with Crippen molar-refractivity contribution in [3.8, 4) is 0 Å². The molecule has 2 N–H and O–H groups in total. The molecule has 0 aromatic carbocycles. The lowest BCUT2D eigenvalue weighted by Crippen LogP contribution is -2.27. The van der Waals surface area contributed by atoms with E-state index in [-0.39, 0.29) is 22.9 Å². The molecule has 5 heterocycles.